The molecule has 0 saturated heterocycles. The molecule has 178 valence electrons. The van der Waals surface area contributed by atoms with E-state index in [-0.39, 0.29) is 37.4 Å². The van der Waals surface area contributed by atoms with E-state index in [1.54, 1.807) is 37.4 Å². The molecule has 9 nitrogen and oxygen atoms in total. The van der Waals surface area contributed by atoms with Gasteiger partial charge in [-0.15, -0.1) is 0 Å². The normalized spacial score (nSPS) is 14.5. The van der Waals surface area contributed by atoms with Crippen molar-refractivity contribution in [2.24, 2.45) is 0 Å². The van der Waals surface area contributed by atoms with E-state index in [0.29, 0.717) is 11.3 Å². The molecule has 2 aromatic rings. The maximum Gasteiger partial charge on any atom is 0.287 e. The Kier molecular flexibility index (Phi) is 8.88. The van der Waals surface area contributed by atoms with E-state index in [1.807, 2.05) is 0 Å². The van der Waals surface area contributed by atoms with Crippen LogP contribution in [0.25, 0.3) is 0 Å². The van der Waals surface area contributed by atoms with Crippen LogP contribution >= 0.6 is 0 Å². The van der Waals surface area contributed by atoms with E-state index in [4.69, 9.17) is 13.9 Å². The van der Waals surface area contributed by atoms with E-state index < -0.39 is 17.9 Å². The molecular formula is C24H31N3O6. The monoisotopic (exact) mass is 457 g/mol. The molecule has 1 aliphatic rings. The first-order chi connectivity index (χ1) is 16.0. The van der Waals surface area contributed by atoms with Gasteiger partial charge in [0.2, 0.25) is 11.8 Å². The summed E-state index contributed by atoms with van der Waals surface area (Å²) in [6.45, 7) is 0.134. The van der Waals surface area contributed by atoms with Crippen LogP contribution in [0.15, 0.2) is 47.1 Å². The Morgan fingerprint density at radius 3 is 2.45 bits per heavy atom. The highest BCUT2D eigenvalue weighted by atomic mass is 16.5. The maximum absolute atomic E-state index is 13.4. The van der Waals surface area contributed by atoms with Crippen molar-refractivity contribution >= 4 is 17.7 Å². The number of ether oxygens (including phenoxy) is 2. The number of carbonyl (C=O) groups is 3. The molecule has 3 rings (SSSR count). The van der Waals surface area contributed by atoms with Crippen LogP contribution in [-0.2, 0) is 14.3 Å². The summed E-state index contributed by atoms with van der Waals surface area (Å²) in [6, 6.07) is 9.37. The van der Waals surface area contributed by atoms with Gasteiger partial charge in [-0.2, -0.15) is 0 Å². The van der Waals surface area contributed by atoms with Gasteiger partial charge in [-0.25, -0.2) is 0 Å². The second-order valence-corrected chi connectivity index (χ2v) is 7.91. The first kappa shape index (κ1) is 24.3. The van der Waals surface area contributed by atoms with Crippen LogP contribution in [0.2, 0.25) is 0 Å². The molecule has 33 heavy (non-hydrogen) atoms. The molecule has 1 aromatic heterocycles. The van der Waals surface area contributed by atoms with E-state index in [1.165, 1.54) is 24.3 Å². The predicted molar refractivity (Wildman–Crippen MR) is 121 cm³/mol. The first-order valence-corrected chi connectivity index (χ1v) is 11.1. The highest BCUT2D eigenvalue weighted by molar-refractivity contribution is 5.95. The Balaban J connectivity index is 1.82. The topological polar surface area (TPSA) is 110 Å². The minimum atomic E-state index is -0.875. The summed E-state index contributed by atoms with van der Waals surface area (Å²) in [6.07, 6.45) is 5.37. The van der Waals surface area contributed by atoms with E-state index >= 15 is 0 Å². The number of hydrogen-bond donors (Lipinski definition) is 2. The molecule has 9 heteroatoms. The van der Waals surface area contributed by atoms with Crippen molar-refractivity contribution in [2.45, 2.75) is 37.8 Å². The minimum absolute atomic E-state index is 0.0938. The number of methoxy groups -OCH3 is 2. The molecule has 0 bridgehead atoms. The van der Waals surface area contributed by atoms with Crippen LogP contribution in [0.4, 0.5) is 0 Å². The van der Waals surface area contributed by atoms with Gasteiger partial charge in [0.1, 0.15) is 11.8 Å². The summed E-state index contributed by atoms with van der Waals surface area (Å²) in [5.41, 5.74) is 0.646. The minimum Gasteiger partial charge on any atom is -0.497 e. The molecule has 1 heterocycles. The number of nitrogens with one attached hydrogen (secondary N) is 2. The van der Waals surface area contributed by atoms with Crippen LogP contribution in [0.3, 0.4) is 0 Å². The SMILES string of the molecule is COCCN(C(=O)CNC(=O)c1ccco1)[C@H](C(=O)NC1CCCC1)c1ccc(OC)cc1. The fraction of sp³-hybridized carbons (Fsp3) is 0.458. The first-order valence-electron chi connectivity index (χ1n) is 11.1. The fourth-order valence-electron chi connectivity index (χ4n) is 3.95. The Morgan fingerprint density at radius 1 is 1.12 bits per heavy atom. The van der Waals surface area contributed by atoms with Gasteiger partial charge < -0.3 is 29.4 Å². The number of amides is 3. The van der Waals surface area contributed by atoms with Gasteiger partial charge in [-0.1, -0.05) is 25.0 Å². The van der Waals surface area contributed by atoms with Crippen molar-refractivity contribution in [1.82, 2.24) is 15.5 Å². The molecule has 0 aliphatic heterocycles. The standard InChI is InChI=1S/C24H31N3O6/c1-31-15-13-27(21(28)16-25-23(29)20-8-5-14-33-20)22(17-9-11-19(32-2)12-10-17)24(30)26-18-6-3-4-7-18/h5,8-12,14,18,22H,3-4,6-7,13,15-16H2,1-2H3,(H,25,29)(H,26,30)/t22-/m0/s1. The number of nitrogens with zero attached hydrogens (tertiary/aromatic N) is 1. The van der Waals surface area contributed by atoms with E-state index in [0.717, 1.165) is 25.7 Å². The molecule has 1 atom stereocenters. The summed E-state index contributed by atoms with van der Waals surface area (Å²) >= 11 is 0. The Labute approximate surface area is 193 Å². The molecule has 1 fully saturated rings. The summed E-state index contributed by atoms with van der Waals surface area (Å²) in [5.74, 6) is -0.411. The lowest BCUT2D eigenvalue weighted by Gasteiger charge is -2.32. The van der Waals surface area contributed by atoms with Crippen molar-refractivity contribution in [3.63, 3.8) is 0 Å². The second-order valence-electron chi connectivity index (χ2n) is 7.91. The van der Waals surface area contributed by atoms with Crippen molar-refractivity contribution in [1.29, 1.82) is 0 Å². The van der Waals surface area contributed by atoms with Gasteiger partial charge in [0.25, 0.3) is 5.91 Å². The van der Waals surface area contributed by atoms with Gasteiger partial charge in [0.05, 0.1) is 26.5 Å². The van der Waals surface area contributed by atoms with Crippen molar-refractivity contribution < 1.29 is 28.3 Å². The Morgan fingerprint density at radius 2 is 1.85 bits per heavy atom. The van der Waals surface area contributed by atoms with Crippen molar-refractivity contribution in [3.05, 3.63) is 54.0 Å². The molecule has 1 saturated carbocycles. The average molecular weight is 458 g/mol. The van der Waals surface area contributed by atoms with E-state index in [2.05, 4.69) is 10.6 Å². The number of hydrogen-bond acceptors (Lipinski definition) is 6. The largest absolute Gasteiger partial charge is 0.497 e. The number of benzene rings is 1. The van der Waals surface area contributed by atoms with Crippen LogP contribution in [0.5, 0.6) is 5.75 Å². The van der Waals surface area contributed by atoms with Gasteiger partial charge in [-0.3, -0.25) is 14.4 Å². The molecule has 0 radical (unpaired) electrons. The van der Waals surface area contributed by atoms with Crippen LogP contribution < -0.4 is 15.4 Å². The lowest BCUT2D eigenvalue weighted by Crippen LogP contribution is -2.49. The Bertz CT molecular complexity index is 907. The third-order valence-corrected chi connectivity index (χ3v) is 5.69. The molecule has 3 amide bonds. The molecule has 0 spiro atoms. The zero-order chi connectivity index (χ0) is 23.6. The lowest BCUT2D eigenvalue weighted by molar-refractivity contribution is -0.141. The third kappa shape index (κ3) is 6.58. The van der Waals surface area contributed by atoms with Gasteiger partial charge in [0, 0.05) is 19.7 Å². The molecule has 1 aromatic carbocycles. The highest BCUT2D eigenvalue weighted by Gasteiger charge is 2.33. The molecule has 0 unspecified atom stereocenters. The quantitative estimate of drug-likeness (QED) is 0.536. The lowest BCUT2D eigenvalue weighted by atomic mass is 10.0. The van der Waals surface area contributed by atoms with Crippen LogP contribution in [0, 0.1) is 0 Å². The van der Waals surface area contributed by atoms with E-state index in [9.17, 15) is 14.4 Å². The molecular weight excluding hydrogens is 426 g/mol. The van der Waals surface area contributed by atoms with Gasteiger partial charge in [-0.05, 0) is 42.7 Å². The third-order valence-electron chi connectivity index (χ3n) is 5.69. The van der Waals surface area contributed by atoms with Crippen LogP contribution in [0.1, 0.15) is 47.8 Å². The number of furan rings is 1. The zero-order valence-corrected chi connectivity index (χ0v) is 19.0. The summed E-state index contributed by atoms with van der Waals surface area (Å²) in [7, 11) is 3.09. The highest BCUT2D eigenvalue weighted by Crippen LogP contribution is 2.26. The van der Waals surface area contributed by atoms with Crippen molar-refractivity contribution in [3.8, 4) is 5.75 Å². The number of rotatable bonds is 11. The Hall–Kier alpha value is -3.33. The fourth-order valence-corrected chi connectivity index (χ4v) is 3.95. The summed E-state index contributed by atoms with van der Waals surface area (Å²) in [4.78, 5) is 40.3. The van der Waals surface area contributed by atoms with Crippen LogP contribution in [-0.4, -0.2) is 62.6 Å². The zero-order valence-electron chi connectivity index (χ0n) is 19.0. The molecule has 2 N–H and O–H groups in total. The van der Waals surface area contributed by atoms with Crippen molar-refractivity contribution in [2.75, 3.05) is 33.9 Å². The average Bonchev–Trinajstić information content (AvgIpc) is 3.54. The summed E-state index contributed by atoms with van der Waals surface area (Å²) < 4.78 is 15.5. The molecule has 1 aliphatic carbocycles. The van der Waals surface area contributed by atoms with Gasteiger partial charge in [0.15, 0.2) is 5.76 Å². The second kappa shape index (κ2) is 12.1. The summed E-state index contributed by atoms with van der Waals surface area (Å²) in [5, 5.41) is 5.66. The van der Waals surface area contributed by atoms with Gasteiger partial charge >= 0.3 is 0 Å². The predicted octanol–water partition coefficient (Wildman–Crippen LogP) is 2.29. The maximum atomic E-state index is 13.4. The number of carbonyl (C=O) groups excluding carboxylic acids is 3. The smallest absolute Gasteiger partial charge is 0.287 e.